The molecule has 1 aromatic rings. The molecule has 0 aliphatic rings. The summed E-state index contributed by atoms with van der Waals surface area (Å²) in [5.41, 5.74) is 0.414. The molecule has 0 aromatic heterocycles. The van der Waals surface area contributed by atoms with E-state index in [1.165, 1.54) is 0 Å². The van der Waals surface area contributed by atoms with E-state index in [1.807, 2.05) is 25.1 Å². The highest BCUT2D eigenvalue weighted by molar-refractivity contribution is 5.95. The topological polar surface area (TPSA) is 54.5 Å². The van der Waals surface area contributed by atoms with E-state index >= 15 is 0 Å². The molecule has 0 fully saturated rings. The molecule has 0 saturated heterocycles. The Labute approximate surface area is 138 Å². The predicted molar refractivity (Wildman–Crippen MR) is 91.2 cm³/mol. The van der Waals surface area contributed by atoms with Crippen LogP contribution in [0.15, 0.2) is 30.3 Å². The second-order valence-corrected chi connectivity index (χ2v) is 6.99. The summed E-state index contributed by atoms with van der Waals surface area (Å²) in [6, 6.07) is 8.52. The van der Waals surface area contributed by atoms with E-state index in [-0.39, 0.29) is 17.2 Å². The zero-order chi connectivity index (χ0) is 17.5. The highest BCUT2D eigenvalue weighted by Crippen LogP contribution is 2.27. The van der Waals surface area contributed by atoms with Gasteiger partial charge in [0.1, 0.15) is 12.6 Å². The molecule has 1 rings (SSSR count). The first-order valence-corrected chi connectivity index (χ1v) is 8.07. The van der Waals surface area contributed by atoms with Gasteiger partial charge in [0.05, 0.1) is 6.04 Å². The standard InChI is InChI=1S/C19H27NO3/c1-15(12-21)10-11-19(3,4)14-20(16(2)13-22)18(23)17-8-6-5-7-9-17/h5-9,12-13,15-16H,10-11,14H2,1-4H3/t15-,16+/m0/s1. The molecule has 0 bridgehead atoms. The van der Waals surface area contributed by atoms with Crippen LogP contribution in [0.5, 0.6) is 0 Å². The molecule has 2 atom stereocenters. The van der Waals surface area contributed by atoms with Gasteiger partial charge in [0.2, 0.25) is 0 Å². The van der Waals surface area contributed by atoms with Crippen LogP contribution in [0.25, 0.3) is 0 Å². The monoisotopic (exact) mass is 317 g/mol. The third-order valence-corrected chi connectivity index (χ3v) is 4.08. The van der Waals surface area contributed by atoms with Gasteiger partial charge in [-0.05, 0) is 37.3 Å². The van der Waals surface area contributed by atoms with Crippen LogP contribution in [0, 0.1) is 11.3 Å². The van der Waals surface area contributed by atoms with E-state index in [2.05, 4.69) is 13.8 Å². The van der Waals surface area contributed by atoms with Gasteiger partial charge in [0.25, 0.3) is 5.91 Å². The third-order valence-electron chi connectivity index (χ3n) is 4.08. The van der Waals surface area contributed by atoms with Crippen molar-refractivity contribution in [3.05, 3.63) is 35.9 Å². The SMILES string of the molecule is C[C@H](C=O)CCC(C)(C)CN(C(=O)c1ccccc1)[C@H](C)C=O. The Balaban J connectivity index is 2.88. The van der Waals surface area contributed by atoms with Crippen LogP contribution in [-0.4, -0.2) is 36.0 Å². The minimum absolute atomic E-state index is 0.0102. The fourth-order valence-electron chi connectivity index (χ4n) is 2.45. The van der Waals surface area contributed by atoms with Crippen molar-refractivity contribution in [3.8, 4) is 0 Å². The normalized spacial score (nSPS) is 13.9. The fourth-order valence-corrected chi connectivity index (χ4v) is 2.45. The molecular formula is C19H27NO3. The summed E-state index contributed by atoms with van der Waals surface area (Å²) >= 11 is 0. The zero-order valence-electron chi connectivity index (χ0n) is 14.5. The molecule has 23 heavy (non-hydrogen) atoms. The molecule has 4 heteroatoms. The van der Waals surface area contributed by atoms with E-state index in [4.69, 9.17) is 0 Å². The quantitative estimate of drug-likeness (QED) is 0.656. The van der Waals surface area contributed by atoms with Gasteiger partial charge in [-0.25, -0.2) is 0 Å². The summed E-state index contributed by atoms with van der Waals surface area (Å²) in [5.74, 6) is -0.127. The number of nitrogens with zero attached hydrogens (tertiary/aromatic N) is 1. The number of hydrogen-bond donors (Lipinski definition) is 0. The van der Waals surface area contributed by atoms with Gasteiger partial charge >= 0.3 is 0 Å². The molecule has 4 nitrogen and oxygen atoms in total. The number of hydrogen-bond acceptors (Lipinski definition) is 3. The highest BCUT2D eigenvalue weighted by Gasteiger charge is 2.29. The van der Waals surface area contributed by atoms with Gasteiger partial charge in [-0.1, -0.05) is 39.0 Å². The summed E-state index contributed by atoms with van der Waals surface area (Å²) < 4.78 is 0. The van der Waals surface area contributed by atoms with Gasteiger partial charge in [0, 0.05) is 18.0 Å². The molecular weight excluding hydrogens is 290 g/mol. The lowest BCUT2D eigenvalue weighted by Gasteiger charge is -2.35. The van der Waals surface area contributed by atoms with Crippen LogP contribution in [0.4, 0.5) is 0 Å². The van der Waals surface area contributed by atoms with Crippen molar-refractivity contribution in [2.75, 3.05) is 6.54 Å². The Morgan fingerprint density at radius 1 is 1.13 bits per heavy atom. The molecule has 0 radical (unpaired) electrons. The minimum Gasteiger partial charge on any atom is -0.329 e. The number of aldehydes is 2. The second kappa shape index (κ2) is 8.61. The maximum Gasteiger partial charge on any atom is 0.254 e. The molecule has 0 N–H and O–H groups in total. The van der Waals surface area contributed by atoms with E-state index in [1.54, 1.807) is 24.0 Å². The lowest BCUT2D eigenvalue weighted by atomic mass is 9.84. The van der Waals surface area contributed by atoms with E-state index in [0.29, 0.717) is 12.1 Å². The van der Waals surface area contributed by atoms with Crippen molar-refractivity contribution < 1.29 is 14.4 Å². The first-order chi connectivity index (χ1) is 10.8. The minimum atomic E-state index is -0.481. The number of carbonyl (C=O) groups excluding carboxylic acids is 3. The zero-order valence-corrected chi connectivity index (χ0v) is 14.5. The van der Waals surface area contributed by atoms with E-state index in [9.17, 15) is 14.4 Å². The lowest BCUT2D eigenvalue weighted by Crippen LogP contribution is -2.45. The van der Waals surface area contributed by atoms with Crippen molar-refractivity contribution in [2.24, 2.45) is 11.3 Å². The predicted octanol–water partition coefficient (Wildman–Crippen LogP) is 3.36. The molecule has 0 saturated carbocycles. The molecule has 1 aromatic carbocycles. The maximum absolute atomic E-state index is 12.7. The number of benzene rings is 1. The molecule has 1 amide bonds. The molecule has 0 aliphatic heterocycles. The van der Waals surface area contributed by atoms with Crippen LogP contribution in [0.1, 0.15) is 50.9 Å². The molecule has 0 spiro atoms. The Hall–Kier alpha value is -1.97. The molecule has 0 aliphatic carbocycles. The summed E-state index contributed by atoms with van der Waals surface area (Å²) in [6.45, 7) is 8.23. The van der Waals surface area contributed by atoms with Gasteiger partial charge in [-0.3, -0.25) is 4.79 Å². The first kappa shape index (κ1) is 19.1. The van der Waals surface area contributed by atoms with Crippen molar-refractivity contribution in [1.29, 1.82) is 0 Å². The average molecular weight is 317 g/mol. The summed E-state index contributed by atoms with van der Waals surface area (Å²) in [4.78, 5) is 36.4. The van der Waals surface area contributed by atoms with Gasteiger partial charge in [-0.2, -0.15) is 0 Å². The van der Waals surface area contributed by atoms with Gasteiger partial charge < -0.3 is 14.5 Å². The Kier molecular flexibility index (Phi) is 7.14. The van der Waals surface area contributed by atoms with Crippen molar-refractivity contribution in [1.82, 2.24) is 4.90 Å². The van der Waals surface area contributed by atoms with Crippen molar-refractivity contribution in [3.63, 3.8) is 0 Å². The maximum atomic E-state index is 12.7. The van der Waals surface area contributed by atoms with Crippen molar-refractivity contribution in [2.45, 2.75) is 46.6 Å². The lowest BCUT2D eigenvalue weighted by molar-refractivity contribution is -0.111. The van der Waals surface area contributed by atoms with E-state index < -0.39 is 6.04 Å². The van der Waals surface area contributed by atoms with Crippen LogP contribution in [0.3, 0.4) is 0 Å². The number of carbonyl (C=O) groups is 3. The van der Waals surface area contributed by atoms with Crippen LogP contribution >= 0.6 is 0 Å². The molecule has 126 valence electrons. The van der Waals surface area contributed by atoms with Crippen LogP contribution < -0.4 is 0 Å². The average Bonchev–Trinajstić information content (AvgIpc) is 2.57. The van der Waals surface area contributed by atoms with Crippen molar-refractivity contribution >= 4 is 18.5 Å². The first-order valence-electron chi connectivity index (χ1n) is 8.07. The second-order valence-electron chi connectivity index (χ2n) is 6.99. The van der Waals surface area contributed by atoms with Gasteiger partial charge in [0.15, 0.2) is 0 Å². The Morgan fingerprint density at radius 2 is 1.74 bits per heavy atom. The number of amides is 1. The third kappa shape index (κ3) is 5.97. The highest BCUT2D eigenvalue weighted by atomic mass is 16.2. The summed E-state index contributed by atoms with van der Waals surface area (Å²) in [6.07, 6.45) is 3.35. The Bertz CT molecular complexity index is 525. The van der Waals surface area contributed by atoms with Gasteiger partial charge in [-0.15, -0.1) is 0 Å². The van der Waals surface area contributed by atoms with Crippen LogP contribution in [0.2, 0.25) is 0 Å². The van der Waals surface area contributed by atoms with E-state index in [0.717, 1.165) is 25.4 Å². The number of rotatable bonds is 9. The largest absolute Gasteiger partial charge is 0.329 e. The summed E-state index contributed by atoms with van der Waals surface area (Å²) in [7, 11) is 0. The molecule has 0 heterocycles. The molecule has 0 unspecified atom stereocenters. The summed E-state index contributed by atoms with van der Waals surface area (Å²) in [5, 5.41) is 0. The fraction of sp³-hybridized carbons (Fsp3) is 0.526. The van der Waals surface area contributed by atoms with Crippen LogP contribution in [-0.2, 0) is 9.59 Å². The Morgan fingerprint density at radius 3 is 2.26 bits per heavy atom. The smallest absolute Gasteiger partial charge is 0.254 e.